The van der Waals surface area contributed by atoms with Crippen LogP contribution in [0.4, 0.5) is 17.6 Å². The summed E-state index contributed by atoms with van der Waals surface area (Å²) in [7, 11) is 0. The SMILES string of the molecule is Br.FC(F)(c1ccccc1)C(F)(F)c1cccc2c1CNC2. The summed E-state index contributed by atoms with van der Waals surface area (Å²) in [6.07, 6.45) is 0. The van der Waals surface area contributed by atoms with Crippen LogP contribution in [0.5, 0.6) is 0 Å². The summed E-state index contributed by atoms with van der Waals surface area (Å²) < 4.78 is 57.6. The highest BCUT2D eigenvalue weighted by molar-refractivity contribution is 8.93. The molecule has 1 heterocycles. The summed E-state index contributed by atoms with van der Waals surface area (Å²) in [6.45, 7) is 0.613. The summed E-state index contributed by atoms with van der Waals surface area (Å²) in [6, 6.07) is 10.4. The monoisotopic (exact) mass is 375 g/mol. The first kappa shape index (κ1) is 17.0. The molecule has 0 radical (unpaired) electrons. The van der Waals surface area contributed by atoms with Crippen LogP contribution in [0.15, 0.2) is 48.5 Å². The van der Waals surface area contributed by atoms with Crippen LogP contribution in [-0.2, 0) is 24.9 Å². The number of benzene rings is 2. The third kappa shape index (κ3) is 2.54. The van der Waals surface area contributed by atoms with E-state index >= 15 is 0 Å². The molecule has 0 fully saturated rings. The first-order valence-electron chi connectivity index (χ1n) is 6.57. The van der Waals surface area contributed by atoms with Gasteiger partial charge in [-0.25, -0.2) is 0 Å². The maximum Gasteiger partial charge on any atom is 0.340 e. The molecule has 22 heavy (non-hydrogen) atoms. The number of fused-ring (bicyclic) bond motifs is 1. The Kier molecular flexibility index (Phi) is 4.63. The smallest absolute Gasteiger partial charge is 0.309 e. The van der Waals surface area contributed by atoms with Gasteiger partial charge in [0.1, 0.15) is 0 Å². The second-order valence-electron chi connectivity index (χ2n) is 5.06. The molecule has 0 unspecified atom stereocenters. The minimum absolute atomic E-state index is 0. The van der Waals surface area contributed by atoms with E-state index in [1.54, 1.807) is 6.07 Å². The van der Waals surface area contributed by atoms with Crippen molar-refractivity contribution >= 4 is 17.0 Å². The Morgan fingerprint density at radius 1 is 0.773 bits per heavy atom. The van der Waals surface area contributed by atoms with E-state index in [0.29, 0.717) is 12.1 Å². The van der Waals surface area contributed by atoms with Gasteiger partial charge in [-0.2, -0.15) is 17.6 Å². The highest BCUT2D eigenvalue weighted by Gasteiger charge is 2.59. The fourth-order valence-corrected chi connectivity index (χ4v) is 2.62. The fraction of sp³-hybridized carbons (Fsp3) is 0.250. The first-order valence-corrected chi connectivity index (χ1v) is 6.57. The zero-order chi connectivity index (χ0) is 15.1. The molecule has 2 aromatic rings. The largest absolute Gasteiger partial charge is 0.340 e. The predicted molar refractivity (Wildman–Crippen MR) is 81.5 cm³/mol. The molecule has 118 valence electrons. The maximum absolute atomic E-state index is 14.5. The van der Waals surface area contributed by atoms with E-state index in [1.807, 2.05) is 0 Å². The fourth-order valence-electron chi connectivity index (χ4n) is 2.62. The van der Waals surface area contributed by atoms with Gasteiger partial charge < -0.3 is 5.32 Å². The van der Waals surface area contributed by atoms with Crippen molar-refractivity contribution in [1.82, 2.24) is 5.32 Å². The highest BCUT2D eigenvalue weighted by Crippen LogP contribution is 2.50. The molecule has 0 aromatic heterocycles. The van der Waals surface area contributed by atoms with Gasteiger partial charge in [0.15, 0.2) is 0 Å². The van der Waals surface area contributed by atoms with Crippen LogP contribution in [0.3, 0.4) is 0 Å². The van der Waals surface area contributed by atoms with E-state index in [1.165, 1.54) is 24.3 Å². The second kappa shape index (κ2) is 6.01. The summed E-state index contributed by atoms with van der Waals surface area (Å²) in [5.41, 5.74) is -0.355. The van der Waals surface area contributed by atoms with Crippen molar-refractivity contribution in [3.8, 4) is 0 Å². The molecule has 0 amide bonds. The van der Waals surface area contributed by atoms with Crippen molar-refractivity contribution in [2.24, 2.45) is 0 Å². The standard InChI is InChI=1S/C16H13F4N.BrH/c17-15(18,12-6-2-1-3-7-12)16(19,20)14-8-4-5-11-9-21-10-13(11)14;/h1-8,21H,9-10H2;1H. The molecule has 1 aliphatic heterocycles. The van der Waals surface area contributed by atoms with Gasteiger partial charge in [-0.05, 0) is 11.1 Å². The minimum atomic E-state index is -4.26. The lowest BCUT2D eigenvalue weighted by Gasteiger charge is -2.28. The molecule has 0 spiro atoms. The minimum Gasteiger partial charge on any atom is -0.309 e. The van der Waals surface area contributed by atoms with Crippen molar-refractivity contribution in [2.45, 2.75) is 24.9 Å². The molecule has 0 atom stereocenters. The third-order valence-corrected chi connectivity index (χ3v) is 3.76. The van der Waals surface area contributed by atoms with Gasteiger partial charge in [0, 0.05) is 24.2 Å². The van der Waals surface area contributed by atoms with Crippen molar-refractivity contribution in [2.75, 3.05) is 0 Å². The van der Waals surface area contributed by atoms with E-state index < -0.39 is 23.0 Å². The van der Waals surface area contributed by atoms with Gasteiger partial charge in [0.25, 0.3) is 0 Å². The second-order valence-corrected chi connectivity index (χ2v) is 5.06. The van der Waals surface area contributed by atoms with E-state index in [2.05, 4.69) is 5.32 Å². The van der Waals surface area contributed by atoms with Crippen LogP contribution in [0.1, 0.15) is 22.3 Å². The third-order valence-electron chi connectivity index (χ3n) is 3.76. The van der Waals surface area contributed by atoms with Crippen LogP contribution in [0, 0.1) is 0 Å². The Bertz CT molecular complexity index is 658. The maximum atomic E-state index is 14.5. The number of nitrogens with one attached hydrogen (secondary N) is 1. The van der Waals surface area contributed by atoms with Crippen LogP contribution in [-0.4, -0.2) is 0 Å². The highest BCUT2D eigenvalue weighted by atomic mass is 79.9. The topological polar surface area (TPSA) is 12.0 Å². The quantitative estimate of drug-likeness (QED) is 0.763. The van der Waals surface area contributed by atoms with E-state index in [-0.39, 0.29) is 29.1 Å². The van der Waals surface area contributed by atoms with Gasteiger partial charge in [0.2, 0.25) is 0 Å². The van der Waals surface area contributed by atoms with Gasteiger partial charge in [0.05, 0.1) is 0 Å². The van der Waals surface area contributed by atoms with Crippen LogP contribution < -0.4 is 5.32 Å². The lowest BCUT2D eigenvalue weighted by Crippen LogP contribution is -2.36. The molecule has 0 bridgehead atoms. The van der Waals surface area contributed by atoms with Crippen LogP contribution in [0.2, 0.25) is 0 Å². The van der Waals surface area contributed by atoms with Gasteiger partial charge in [-0.15, -0.1) is 17.0 Å². The van der Waals surface area contributed by atoms with Crippen LogP contribution in [0.25, 0.3) is 0 Å². The normalized spacial score (nSPS) is 14.4. The Morgan fingerprint density at radius 2 is 1.45 bits per heavy atom. The van der Waals surface area contributed by atoms with Crippen molar-refractivity contribution in [3.05, 3.63) is 70.8 Å². The van der Waals surface area contributed by atoms with Gasteiger partial charge in [-0.1, -0.05) is 48.5 Å². The molecule has 3 rings (SSSR count). The molecular weight excluding hydrogens is 362 g/mol. The first-order chi connectivity index (χ1) is 9.94. The van der Waals surface area contributed by atoms with Gasteiger partial charge in [-0.3, -0.25) is 0 Å². The van der Waals surface area contributed by atoms with Crippen LogP contribution >= 0.6 is 17.0 Å². The predicted octanol–water partition coefficient (Wildman–Crippen LogP) is 4.75. The van der Waals surface area contributed by atoms with Crippen molar-refractivity contribution in [1.29, 1.82) is 0 Å². The summed E-state index contributed by atoms with van der Waals surface area (Å²) in [4.78, 5) is 0. The molecule has 1 N–H and O–H groups in total. The molecule has 1 nitrogen and oxygen atoms in total. The van der Waals surface area contributed by atoms with E-state index in [0.717, 1.165) is 18.2 Å². The summed E-state index contributed by atoms with van der Waals surface area (Å²) >= 11 is 0. The van der Waals surface area contributed by atoms with Crippen molar-refractivity contribution < 1.29 is 17.6 Å². The zero-order valence-corrected chi connectivity index (χ0v) is 13.2. The van der Waals surface area contributed by atoms with E-state index in [4.69, 9.17) is 0 Å². The molecule has 2 aromatic carbocycles. The Morgan fingerprint density at radius 3 is 2.14 bits per heavy atom. The zero-order valence-electron chi connectivity index (χ0n) is 11.5. The summed E-state index contributed by atoms with van der Waals surface area (Å²) in [5, 5.41) is 2.91. The number of rotatable bonds is 3. The van der Waals surface area contributed by atoms with E-state index in [9.17, 15) is 17.6 Å². The molecule has 1 aliphatic rings. The molecule has 0 aliphatic carbocycles. The lowest BCUT2D eigenvalue weighted by atomic mass is 9.91. The molecule has 0 saturated heterocycles. The number of hydrogen-bond acceptors (Lipinski definition) is 1. The van der Waals surface area contributed by atoms with Gasteiger partial charge >= 0.3 is 11.8 Å². The molecular formula is C16H14BrF4N. The Labute approximate surface area is 136 Å². The average Bonchev–Trinajstić information content (AvgIpc) is 2.96. The number of alkyl halides is 4. The average molecular weight is 376 g/mol. The Hall–Kier alpha value is -1.40. The number of halogens is 5. The Balaban J connectivity index is 0.00000176. The lowest BCUT2D eigenvalue weighted by molar-refractivity contribution is -0.224. The molecule has 0 saturated carbocycles. The van der Waals surface area contributed by atoms with Crippen molar-refractivity contribution in [3.63, 3.8) is 0 Å². The molecule has 6 heteroatoms. The number of hydrogen-bond donors (Lipinski definition) is 1. The summed E-state index contributed by atoms with van der Waals surface area (Å²) in [5.74, 6) is -8.52.